The number of benzene rings is 2. The van der Waals surface area contributed by atoms with Crippen LogP contribution in [0.3, 0.4) is 0 Å². The molecule has 28 heavy (non-hydrogen) atoms. The van der Waals surface area contributed by atoms with Crippen LogP contribution in [-0.4, -0.2) is 33.6 Å². The molecule has 3 aromatic rings. The van der Waals surface area contributed by atoms with Crippen molar-refractivity contribution in [1.82, 2.24) is 14.9 Å². The van der Waals surface area contributed by atoms with Crippen molar-refractivity contribution in [3.05, 3.63) is 75.5 Å². The van der Waals surface area contributed by atoms with Crippen LogP contribution in [0.25, 0.3) is 11.4 Å². The summed E-state index contributed by atoms with van der Waals surface area (Å²) in [4.78, 5) is 22.1. The molecular formula is C21H20FN3O3. The Morgan fingerprint density at radius 2 is 2.07 bits per heavy atom. The fourth-order valence-corrected chi connectivity index (χ4v) is 3.49. The summed E-state index contributed by atoms with van der Waals surface area (Å²) in [6.45, 7) is 1.61. The van der Waals surface area contributed by atoms with Gasteiger partial charge < -0.3 is 14.8 Å². The van der Waals surface area contributed by atoms with Gasteiger partial charge in [-0.15, -0.1) is 0 Å². The Labute approximate surface area is 161 Å². The molecule has 0 bridgehead atoms. The van der Waals surface area contributed by atoms with E-state index < -0.39 is 11.6 Å². The topological polar surface area (TPSA) is 78.5 Å². The zero-order valence-electron chi connectivity index (χ0n) is 15.4. The molecule has 2 heterocycles. The van der Waals surface area contributed by atoms with E-state index in [1.807, 2.05) is 30.3 Å². The van der Waals surface area contributed by atoms with Gasteiger partial charge in [0.2, 0.25) is 0 Å². The average molecular weight is 381 g/mol. The number of methoxy groups -OCH3 is 1. The smallest absolute Gasteiger partial charge is 0.254 e. The number of aromatic hydroxyl groups is 1. The number of nitrogens with zero attached hydrogens (tertiary/aromatic N) is 2. The summed E-state index contributed by atoms with van der Waals surface area (Å²) in [7, 11) is 1.39. The van der Waals surface area contributed by atoms with Gasteiger partial charge in [-0.1, -0.05) is 30.3 Å². The number of fused-ring (bicyclic) bond motifs is 1. The van der Waals surface area contributed by atoms with E-state index in [2.05, 4.69) is 14.9 Å². The molecule has 0 atom stereocenters. The van der Waals surface area contributed by atoms with Crippen LogP contribution in [0.1, 0.15) is 16.8 Å². The van der Waals surface area contributed by atoms with E-state index in [1.54, 1.807) is 6.07 Å². The second-order valence-electron chi connectivity index (χ2n) is 6.79. The van der Waals surface area contributed by atoms with Crippen molar-refractivity contribution >= 4 is 0 Å². The first-order valence-corrected chi connectivity index (χ1v) is 9.00. The van der Waals surface area contributed by atoms with E-state index >= 15 is 0 Å². The van der Waals surface area contributed by atoms with Gasteiger partial charge in [-0.25, -0.2) is 9.37 Å². The van der Waals surface area contributed by atoms with Crippen LogP contribution < -0.4 is 10.3 Å². The number of phenols is 1. The lowest BCUT2D eigenvalue weighted by molar-refractivity contribution is 0.239. The molecule has 2 N–H and O–H groups in total. The van der Waals surface area contributed by atoms with Crippen LogP contribution in [0.4, 0.5) is 4.39 Å². The molecule has 0 spiro atoms. The predicted octanol–water partition coefficient (Wildman–Crippen LogP) is 2.85. The van der Waals surface area contributed by atoms with Crippen LogP contribution >= 0.6 is 0 Å². The van der Waals surface area contributed by atoms with Crippen molar-refractivity contribution in [2.24, 2.45) is 0 Å². The maximum Gasteiger partial charge on any atom is 0.254 e. The summed E-state index contributed by atoms with van der Waals surface area (Å²) >= 11 is 0. The van der Waals surface area contributed by atoms with Gasteiger partial charge in [0.15, 0.2) is 17.3 Å². The largest absolute Gasteiger partial charge is 0.502 e. The normalized spacial score (nSPS) is 13.9. The molecule has 0 radical (unpaired) electrons. The number of H-pyrrole nitrogens is 1. The van der Waals surface area contributed by atoms with E-state index in [9.17, 15) is 14.3 Å². The number of hydrogen-bond acceptors (Lipinski definition) is 5. The lowest BCUT2D eigenvalue weighted by Crippen LogP contribution is -2.35. The quantitative estimate of drug-likeness (QED) is 0.727. The Morgan fingerprint density at radius 1 is 1.29 bits per heavy atom. The van der Waals surface area contributed by atoms with E-state index in [0.29, 0.717) is 43.0 Å². The molecule has 2 aromatic carbocycles. The van der Waals surface area contributed by atoms with Crippen LogP contribution in [0, 0.1) is 5.82 Å². The summed E-state index contributed by atoms with van der Waals surface area (Å²) in [5.74, 6) is -0.555. The Kier molecular flexibility index (Phi) is 4.83. The van der Waals surface area contributed by atoms with Crippen molar-refractivity contribution in [2.45, 2.75) is 19.5 Å². The molecular weight excluding hydrogens is 361 g/mol. The van der Waals surface area contributed by atoms with Gasteiger partial charge >= 0.3 is 0 Å². The molecule has 0 fully saturated rings. The van der Waals surface area contributed by atoms with Gasteiger partial charge in [-0.3, -0.25) is 9.69 Å². The van der Waals surface area contributed by atoms with Crippen LogP contribution in [-0.2, 0) is 19.5 Å². The van der Waals surface area contributed by atoms with Crippen molar-refractivity contribution in [1.29, 1.82) is 0 Å². The Bertz CT molecular complexity index is 1070. The summed E-state index contributed by atoms with van der Waals surface area (Å²) in [6.07, 6.45) is 0.574. The first-order valence-electron chi connectivity index (χ1n) is 9.00. The minimum absolute atomic E-state index is 0.105. The molecule has 4 rings (SSSR count). The zero-order valence-corrected chi connectivity index (χ0v) is 15.4. The summed E-state index contributed by atoms with van der Waals surface area (Å²) in [5, 5.41) is 9.67. The molecule has 0 saturated heterocycles. The first kappa shape index (κ1) is 18.2. The lowest BCUT2D eigenvalue weighted by atomic mass is 10.0. The van der Waals surface area contributed by atoms with Gasteiger partial charge in [0.05, 0.1) is 12.8 Å². The molecule has 0 saturated carbocycles. The SMILES string of the molecule is COc1cc(CN2CCc3c(nc(-c4ccccc4)[nH]c3=O)C2)cc(F)c1O. The van der Waals surface area contributed by atoms with Crippen LogP contribution in [0.5, 0.6) is 11.5 Å². The van der Waals surface area contributed by atoms with Gasteiger partial charge in [-0.05, 0) is 24.1 Å². The number of nitrogens with one attached hydrogen (secondary N) is 1. The molecule has 0 amide bonds. The van der Waals surface area contributed by atoms with Gasteiger partial charge in [0.1, 0.15) is 5.82 Å². The minimum atomic E-state index is -0.715. The highest BCUT2D eigenvalue weighted by Gasteiger charge is 2.22. The van der Waals surface area contributed by atoms with Crippen molar-refractivity contribution in [2.75, 3.05) is 13.7 Å². The van der Waals surface area contributed by atoms with Crippen LogP contribution in [0.2, 0.25) is 0 Å². The Hall–Kier alpha value is -3.19. The van der Waals surface area contributed by atoms with E-state index in [4.69, 9.17) is 4.74 Å². The van der Waals surface area contributed by atoms with Crippen molar-refractivity contribution < 1.29 is 14.2 Å². The number of ether oxygens (including phenoxy) is 1. The number of aromatic nitrogens is 2. The predicted molar refractivity (Wildman–Crippen MR) is 103 cm³/mol. The second-order valence-corrected chi connectivity index (χ2v) is 6.79. The highest BCUT2D eigenvalue weighted by Crippen LogP contribution is 2.31. The molecule has 1 aliphatic heterocycles. The number of rotatable bonds is 4. The molecule has 1 aromatic heterocycles. The highest BCUT2D eigenvalue weighted by molar-refractivity contribution is 5.54. The Morgan fingerprint density at radius 3 is 2.82 bits per heavy atom. The van der Waals surface area contributed by atoms with Crippen molar-refractivity contribution in [3.63, 3.8) is 0 Å². The molecule has 6 nitrogen and oxygen atoms in total. The molecule has 0 unspecified atom stereocenters. The fraction of sp³-hybridized carbons (Fsp3) is 0.238. The van der Waals surface area contributed by atoms with Gasteiger partial charge in [0.25, 0.3) is 5.56 Å². The minimum Gasteiger partial charge on any atom is -0.502 e. The average Bonchev–Trinajstić information content (AvgIpc) is 2.71. The molecule has 0 aliphatic carbocycles. The second kappa shape index (κ2) is 7.44. The summed E-state index contributed by atoms with van der Waals surface area (Å²) < 4.78 is 18.9. The highest BCUT2D eigenvalue weighted by atomic mass is 19.1. The molecule has 144 valence electrons. The zero-order chi connectivity index (χ0) is 19.7. The molecule has 7 heteroatoms. The number of aromatic amines is 1. The Balaban J connectivity index is 1.60. The third kappa shape index (κ3) is 3.48. The maximum absolute atomic E-state index is 13.9. The van der Waals surface area contributed by atoms with Gasteiger partial charge in [-0.2, -0.15) is 0 Å². The van der Waals surface area contributed by atoms with E-state index in [0.717, 1.165) is 11.3 Å². The first-order chi connectivity index (χ1) is 13.5. The third-order valence-corrected chi connectivity index (χ3v) is 4.91. The van der Waals surface area contributed by atoms with E-state index in [1.165, 1.54) is 13.2 Å². The third-order valence-electron chi connectivity index (χ3n) is 4.91. The molecule has 1 aliphatic rings. The lowest BCUT2D eigenvalue weighted by Gasteiger charge is -2.28. The summed E-state index contributed by atoms with van der Waals surface area (Å²) in [6, 6.07) is 12.4. The maximum atomic E-state index is 13.9. The standard InChI is InChI=1S/C21H20FN3O3/c1-28-18-10-13(9-16(22)19(18)26)11-25-8-7-15-17(12-25)23-20(24-21(15)27)14-5-3-2-4-6-14/h2-6,9-10,26H,7-8,11-12H2,1H3,(H,23,24,27). The van der Waals surface area contributed by atoms with Gasteiger partial charge in [0, 0.05) is 30.8 Å². The van der Waals surface area contributed by atoms with E-state index in [-0.39, 0.29) is 11.3 Å². The monoisotopic (exact) mass is 381 g/mol. The van der Waals surface area contributed by atoms with Crippen LogP contribution in [0.15, 0.2) is 47.3 Å². The van der Waals surface area contributed by atoms with Crippen molar-refractivity contribution in [3.8, 4) is 22.9 Å². The number of phenolic OH excluding ortho intramolecular Hbond substituents is 1. The number of hydrogen-bond donors (Lipinski definition) is 2. The number of halogens is 1. The summed E-state index contributed by atoms with van der Waals surface area (Å²) in [5.41, 5.74) is 2.86. The fourth-order valence-electron chi connectivity index (χ4n) is 3.49.